The predicted octanol–water partition coefficient (Wildman–Crippen LogP) is 2.97. The van der Waals surface area contributed by atoms with Crippen molar-refractivity contribution in [3.05, 3.63) is 54.1 Å². The molecule has 3 heterocycles. The molecule has 6 heteroatoms. The van der Waals surface area contributed by atoms with Crippen LogP contribution >= 0.6 is 0 Å². The van der Waals surface area contributed by atoms with E-state index in [1.165, 1.54) is 5.56 Å². The van der Waals surface area contributed by atoms with Crippen LogP contribution in [0.1, 0.15) is 48.7 Å². The Morgan fingerprint density at radius 2 is 1.79 bits per heavy atom. The van der Waals surface area contributed by atoms with Crippen LogP contribution in [0.4, 0.5) is 0 Å². The number of benzene rings is 1. The second-order valence-electron chi connectivity index (χ2n) is 8.18. The molecule has 1 amide bonds. The largest absolute Gasteiger partial charge is 0.373 e. The zero-order valence-corrected chi connectivity index (χ0v) is 16.8. The summed E-state index contributed by atoms with van der Waals surface area (Å²) in [7, 11) is 0. The summed E-state index contributed by atoms with van der Waals surface area (Å²) in [6, 6.07) is 8.60. The number of aromatic nitrogens is 2. The molecule has 2 aromatic rings. The molecule has 0 saturated carbocycles. The molecule has 1 aromatic heterocycles. The van der Waals surface area contributed by atoms with Crippen molar-refractivity contribution in [2.24, 2.45) is 0 Å². The van der Waals surface area contributed by atoms with Crippen molar-refractivity contribution in [3.8, 4) is 0 Å². The standard InChI is InChI=1S/C22H30N4O2/c1-17-13-24(14-18(2)28-17)15-19-3-5-20(6-4-19)22(27)25-10-7-21(8-11-25)26-12-9-23-16-26/h3-6,9,12,16-18,21H,7-8,10-11,13-15H2,1-2H3. The number of imidazole rings is 1. The molecule has 1 aromatic carbocycles. The van der Waals surface area contributed by atoms with Gasteiger partial charge in [-0.2, -0.15) is 0 Å². The molecular formula is C22H30N4O2. The molecule has 0 bridgehead atoms. The predicted molar refractivity (Wildman–Crippen MR) is 108 cm³/mol. The molecular weight excluding hydrogens is 352 g/mol. The monoisotopic (exact) mass is 382 g/mol. The van der Waals surface area contributed by atoms with Crippen molar-refractivity contribution in [2.45, 2.75) is 51.5 Å². The van der Waals surface area contributed by atoms with E-state index in [1.54, 1.807) is 0 Å². The number of ether oxygens (including phenoxy) is 1. The van der Waals surface area contributed by atoms with Gasteiger partial charge in [0.05, 0.1) is 18.5 Å². The van der Waals surface area contributed by atoms with Crippen molar-refractivity contribution < 1.29 is 9.53 Å². The molecule has 2 aliphatic rings. The van der Waals surface area contributed by atoms with Gasteiger partial charge in [0, 0.05) is 56.7 Å². The maximum atomic E-state index is 12.9. The Balaban J connectivity index is 1.32. The minimum atomic E-state index is 0.143. The lowest BCUT2D eigenvalue weighted by atomic mass is 10.0. The summed E-state index contributed by atoms with van der Waals surface area (Å²) in [5, 5.41) is 0. The third kappa shape index (κ3) is 4.45. The number of amides is 1. The second-order valence-corrected chi connectivity index (χ2v) is 8.18. The fraction of sp³-hybridized carbons (Fsp3) is 0.545. The molecule has 2 atom stereocenters. The van der Waals surface area contributed by atoms with Crippen LogP contribution in [0.25, 0.3) is 0 Å². The van der Waals surface area contributed by atoms with Crippen molar-refractivity contribution in [2.75, 3.05) is 26.2 Å². The van der Waals surface area contributed by atoms with Crippen LogP contribution in [0.3, 0.4) is 0 Å². The van der Waals surface area contributed by atoms with Gasteiger partial charge in [-0.15, -0.1) is 0 Å². The van der Waals surface area contributed by atoms with E-state index in [1.807, 2.05) is 35.8 Å². The summed E-state index contributed by atoms with van der Waals surface area (Å²) in [6.45, 7) is 8.66. The SMILES string of the molecule is CC1CN(Cc2ccc(C(=O)N3CCC(n4ccnc4)CC3)cc2)CC(C)O1. The van der Waals surface area contributed by atoms with Crippen molar-refractivity contribution in [3.63, 3.8) is 0 Å². The maximum absolute atomic E-state index is 12.9. The lowest BCUT2D eigenvalue weighted by Crippen LogP contribution is -2.44. The summed E-state index contributed by atoms with van der Waals surface area (Å²) < 4.78 is 7.96. The second kappa shape index (κ2) is 8.45. The Morgan fingerprint density at radius 3 is 2.39 bits per heavy atom. The number of nitrogens with zero attached hydrogens (tertiary/aromatic N) is 4. The molecule has 2 unspecified atom stereocenters. The molecule has 4 rings (SSSR count). The number of carbonyl (C=O) groups excluding carboxylic acids is 1. The molecule has 28 heavy (non-hydrogen) atoms. The number of hydrogen-bond acceptors (Lipinski definition) is 4. The zero-order valence-electron chi connectivity index (χ0n) is 16.8. The minimum Gasteiger partial charge on any atom is -0.373 e. The average Bonchev–Trinajstić information content (AvgIpc) is 3.22. The minimum absolute atomic E-state index is 0.143. The van der Waals surface area contributed by atoms with E-state index in [4.69, 9.17) is 4.74 Å². The van der Waals surface area contributed by atoms with E-state index >= 15 is 0 Å². The number of rotatable bonds is 4. The highest BCUT2D eigenvalue weighted by atomic mass is 16.5. The van der Waals surface area contributed by atoms with Gasteiger partial charge in [-0.3, -0.25) is 9.69 Å². The van der Waals surface area contributed by atoms with E-state index in [0.717, 1.165) is 51.1 Å². The molecule has 0 radical (unpaired) electrons. The highest BCUT2D eigenvalue weighted by Gasteiger charge is 2.25. The number of hydrogen-bond donors (Lipinski definition) is 0. The first-order valence-corrected chi connectivity index (χ1v) is 10.3. The molecule has 2 saturated heterocycles. The fourth-order valence-corrected chi connectivity index (χ4v) is 4.46. The molecule has 2 aliphatic heterocycles. The smallest absolute Gasteiger partial charge is 0.253 e. The van der Waals surface area contributed by atoms with Crippen LogP contribution in [0.2, 0.25) is 0 Å². The number of piperidine rings is 1. The molecule has 0 spiro atoms. The normalized spacial score (nSPS) is 24.4. The molecule has 6 nitrogen and oxygen atoms in total. The molecule has 0 aliphatic carbocycles. The van der Waals surface area contributed by atoms with Gasteiger partial charge in [0.15, 0.2) is 0 Å². The van der Waals surface area contributed by atoms with Gasteiger partial charge in [-0.05, 0) is 44.4 Å². The first-order chi connectivity index (χ1) is 13.6. The van der Waals surface area contributed by atoms with Gasteiger partial charge in [0.1, 0.15) is 0 Å². The highest BCUT2D eigenvalue weighted by Crippen LogP contribution is 2.23. The third-order valence-corrected chi connectivity index (χ3v) is 5.80. The van der Waals surface area contributed by atoms with Gasteiger partial charge < -0.3 is 14.2 Å². The highest BCUT2D eigenvalue weighted by molar-refractivity contribution is 5.94. The Hall–Kier alpha value is -2.18. The Labute approximate surface area is 167 Å². The maximum Gasteiger partial charge on any atom is 0.253 e. The molecule has 0 N–H and O–H groups in total. The first-order valence-electron chi connectivity index (χ1n) is 10.3. The number of morpholine rings is 1. The lowest BCUT2D eigenvalue weighted by molar-refractivity contribution is -0.0704. The van der Waals surface area contributed by atoms with Gasteiger partial charge in [-0.25, -0.2) is 4.98 Å². The molecule has 2 fully saturated rings. The first kappa shape index (κ1) is 19.2. The van der Waals surface area contributed by atoms with Crippen LogP contribution in [-0.2, 0) is 11.3 Å². The Kier molecular flexibility index (Phi) is 5.78. The van der Waals surface area contributed by atoms with Crippen molar-refractivity contribution >= 4 is 5.91 Å². The van der Waals surface area contributed by atoms with Crippen LogP contribution in [0.5, 0.6) is 0 Å². The quantitative estimate of drug-likeness (QED) is 0.816. The van der Waals surface area contributed by atoms with Crippen LogP contribution in [0.15, 0.2) is 43.0 Å². The van der Waals surface area contributed by atoms with Gasteiger partial charge in [0.2, 0.25) is 0 Å². The number of likely N-dealkylation sites (tertiary alicyclic amines) is 1. The Morgan fingerprint density at radius 1 is 1.11 bits per heavy atom. The van der Waals surface area contributed by atoms with Crippen LogP contribution in [-0.4, -0.2) is 63.6 Å². The fourth-order valence-electron chi connectivity index (χ4n) is 4.46. The Bertz CT molecular complexity index is 756. The van der Waals surface area contributed by atoms with Crippen molar-refractivity contribution in [1.29, 1.82) is 0 Å². The van der Waals surface area contributed by atoms with E-state index < -0.39 is 0 Å². The topological polar surface area (TPSA) is 50.6 Å². The van der Waals surface area contributed by atoms with E-state index in [-0.39, 0.29) is 18.1 Å². The number of carbonyl (C=O) groups is 1. The summed E-state index contributed by atoms with van der Waals surface area (Å²) in [6.07, 6.45) is 8.20. The van der Waals surface area contributed by atoms with Crippen LogP contribution < -0.4 is 0 Å². The average molecular weight is 383 g/mol. The lowest BCUT2D eigenvalue weighted by Gasteiger charge is -2.35. The van der Waals surface area contributed by atoms with E-state index in [0.29, 0.717) is 6.04 Å². The van der Waals surface area contributed by atoms with Crippen LogP contribution in [0, 0.1) is 0 Å². The van der Waals surface area contributed by atoms with Gasteiger partial charge in [-0.1, -0.05) is 12.1 Å². The van der Waals surface area contributed by atoms with E-state index in [2.05, 4.69) is 40.4 Å². The van der Waals surface area contributed by atoms with Gasteiger partial charge >= 0.3 is 0 Å². The van der Waals surface area contributed by atoms with Gasteiger partial charge in [0.25, 0.3) is 5.91 Å². The summed E-state index contributed by atoms with van der Waals surface area (Å²) in [5.41, 5.74) is 2.03. The summed E-state index contributed by atoms with van der Waals surface area (Å²) >= 11 is 0. The third-order valence-electron chi connectivity index (χ3n) is 5.80. The van der Waals surface area contributed by atoms with E-state index in [9.17, 15) is 4.79 Å². The van der Waals surface area contributed by atoms with Crippen molar-refractivity contribution in [1.82, 2.24) is 19.4 Å². The summed E-state index contributed by atoms with van der Waals surface area (Å²) in [4.78, 5) is 21.4. The zero-order chi connectivity index (χ0) is 19.5. The molecule has 150 valence electrons. The summed E-state index contributed by atoms with van der Waals surface area (Å²) in [5.74, 6) is 0.143.